The van der Waals surface area contributed by atoms with Gasteiger partial charge in [0.1, 0.15) is 5.75 Å². The van der Waals surface area contributed by atoms with E-state index < -0.39 is 0 Å². The van der Waals surface area contributed by atoms with Gasteiger partial charge in [0.25, 0.3) is 5.91 Å². The molecule has 1 aliphatic rings. The van der Waals surface area contributed by atoms with Gasteiger partial charge in [-0.3, -0.25) is 9.69 Å². The topological polar surface area (TPSA) is 44.8 Å². The van der Waals surface area contributed by atoms with E-state index in [1.807, 2.05) is 18.2 Å². The molecular formula is C21H26ClN3O2. The quantitative estimate of drug-likeness (QED) is 0.740. The van der Waals surface area contributed by atoms with Gasteiger partial charge in [-0.1, -0.05) is 29.8 Å². The zero-order chi connectivity index (χ0) is 19.1. The molecule has 0 atom stereocenters. The van der Waals surface area contributed by atoms with Gasteiger partial charge >= 0.3 is 0 Å². The molecule has 3 rings (SSSR count). The zero-order valence-electron chi connectivity index (χ0n) is 15.7. The van der Waals surface area contributed by atoms with Crippen LogP contribution in [0.25, 0.3) is 0 Å². The Morgan fingerprint density at radius 3 is 2.63 bits per heavy atom. The van der Waals surface area contributed by atoms with Gasteiger partial charge in [0.2, 0.25) is 0 Å². The van der Waals surface area contributed by atoms with Crippen LogP contribution < -0.4 is 15.0 Å². The van der Waals surface area contributed by atoms with Gasteiger partial charge in [-0.15, -0.1) is 0 Å². The van der Waals surface area contributed by atoms with E-state index in [2.05, 4.69) is 21.2 Å². The SMILES string of the molecule is COc1ccccc1N1CCN(CCCNC(=O)c2cccc(Cl)c2)CC1. The number of anilines is 1. The Kier molecular flexibility index (Phi) is 6.96. The summed E-state index contributed by atoms with van der Waals surface area (Å²) in [5.41, 5.74) is 1.77. The van der Waals surface area contributed by atoms with E-state index in [0.29, 0.717) is 17.1 Å². The molecule has 1 fully saturated rings. The van der Waals surface area contributed by atoms with Gasteiger partial charge in [0.05, 0.1) is 12.8 Å². The van der Waals surface area contributed by atoms with E-state index in [1.165, 1.54) is 0 Å². The molecule has 1 aliphatic heterocycles. The van der Waals surface area contributed by atoms with Crippen LogP contribution >= 0.6 is 11.6 Å². The number of hydrogen-bond acceptors (Lipinski definition) is 4. The lowest BCUT2D eigenvalue weighted by Crippen LogP contribution is -2.47. The van der Waals surface area contributed by atoms with Gasteiger partial charge in [-0.2, -0.15) is 0 Å². The molecule has 1 heterocycles. The maximum atomic E-state index is 12.1. The first kappa shape index (κ1) is 19.5. The zero-order valence-corrected chi connectivity index (χ0v) is 16.4. The van der Waals surface area contributed by atoms with Crippen LogP contribution in [0.1, 0.15) is 16.8 Å². The highest BCUT2D eigenvalue weighted by atomic mass is 35.5. The van der Waals surface area contributed by atoms with E-state index in [4.69, 9.17) is 16.3 Å². The molecule has 2 aromatic rings. The largest absolute Gasteiger partial charge is 0.495 e. The minimum absolute atomic E-state index is 0.0708. The number of para-hydroxylation sites is 2. The predicted octanol–water partition coefficient (Wildman–Crippen LogP) is 3.29. The molecule has 0 unspecified atom stereocenters. The molecule has 0 spiro atoms. The summed E-state index contributed by atoms with van der Waals surface area (Å²) in [7, 11) is 1.72. The summed E-state index contributed by atoms with van der Waals surface area (Å²) in [5.74, 6) is 0.855. The van der Waals surface area contributed by atoms with Crippen LogP contribution in [0.15, 0.2) is 48.5 Å². The maximum Gasteiger partial charge on any atom is 0.251 e. The van der Waals surface area contributed by atoms with Crippen molar-refractivity contribution in [1.29, 1.82) is 0 Å². The van der Waals surface area contributed by atoms with Gasteiger partial charge in [0.15, 0.2) is 0 Å². The molecular weight excluding hydrogens is 362 g/mol. The van der Waals surface area contributed by atoms with Crippen LogP contribution in [0.4, 0.5) is 5.69 Å². The normalized spacial score (nSPS) is 14.8. The lowest BCUT2D eigenvalue weighted by Gasteiger charge is -2.36. The molecule has 144 valence electrons. The van der Waals surface area contributed by atoms with Gasteiger partial charge in [0, 0.05) is 43.3 Å². The summed E-state index contributed by atoms with van der Waals surface area (Å²) in [6.07, 6.45) is 0.932. The number of methoxy groups -OCH3 is 1. The lowest BCUT2D eigenvalue weighted by molar-refractivity contribution is 0.0951. The molecule has 1 amide bonds. The first-order valence-electron chi connectivity index (χ1n) is 9.31. The third-order valence-corrected chi connectivity index (χ3v) is 5.06. The molecule has 0 saturated carbocycles. The third kappa shape index (κ3) is 5.37. The molecule has 0 radical (unpaired) electrons. The monoisotopic (exact) mass is 387 g/mol. The lowest BCUT2D eigenvalue weighted by atomic mass is 10.2. The smallest absolute Gasteiger partial charge is 0.251 e. The fraction of sp³-hybridized carbons (Fsp3) is 0.381. The van der Waals surface area contributed by atoms with E-state index >= 15 is 0 Å². The molecule has 0 bridgehead atoms. The highest BCUT2D eigenvalue weighted by Gasteiger charge is 2.19. The molecule has 5 nitrogen and oxygen atoms in total. The van der Waals surface area contributed by atoms with Gasteiger partial charge in [-0.05, 0) is 43.3 Å². The van der Waals surface area contributed by atoms with Crippen LogP contribution in [0, 0.1) is 0 Å². The van der Waals surface area contributed by atoms with Gasteiger partial charge < -0.3 is 15.0 Å². The van der Waals surface area contributed by atoms with Crippen molar-refractivity contribution in [3.05, 3.63) is 59.1 Å². The number of amides is 1. The third-order valence-electron chi connectivity index (χ3n) is 4.82. The number of hydrogen-bond donors (Lipinski definition) is 1. The van der Waals surface area contributed by atoms with Crippen molar-refractivity contribution in [3.8, 4) is 5.75 Å². The fourth-order valence-corrected chi connectivity index (χ4v) is 3.53. The summed E-state index contributed by atoms with van der Waals surface area (Å²) < 4.78 is 5.47. The summed E-state index contributed by atoms with van der Waals surface area (Å²) >= 11 is 5.93. The molecule has 6 heteroatoms. The minimum Gasteiger partial charge on any atom is -0.495 e. The van der Waals surface area contributed by atoms with Crippen LogP contribution in [-0.4, -0.2) is 57.2 Å². The number of rotatable bonds is 7. The van der Waals surface area contributed by atoms with Crippen molar-refractivity contribution in [2.75, 3.05) is 51.3 Å². The van der Waals surface area contributed by atoms with Gasteiger partial charge in [-0.25, -0.2) is 0 Å². The molecule has 2 aromatic carbocycles. The second-order valence-corrected chi connectivity index (χ2v) is 7.06. The Balaban J connectivity index is 1.38. The molecule has 27 heavy (non-hydrogen) atoms. The van der Waals surface area contributed by atoms with Crippen molar-refractivity contribution in [2.24, 2.45) is 0 Å². The van der Waals surface area contributed by atoms with E-state index in [1.54, 1.807) is 31.4 Å². The first-order chi connectivity index (χ1) is 13.2. The summed E-state index contributed by atoms with van der Waals surface area (Å²) in [6, 6.07) is 15.2. The Morgan fingerprint density at radius 2 is 1.89 bits per heavy atom. The van der Waals surface area contributed by atoms with Crippen molar-refractivity contribution in [2.45, 2.75) is 6.42 Å². The highest BCUT2D eigenvalue weighted by Crippen LogP contribution is 2.28. The van der Waals surface area contributed by atoms with Crippen LogP contribution in [-0.2, 0) is 0 Å². The number of piperazine rings is 1. The number of ether oxygens (including phenoxy) is 1. The average Bonchev–Trinajstić information content (AvgIpc) is 2.71. The number of halogens is 1. The Bertz CT molecular complexity index is 761. The molecule has 0 aliphatic carbocycles. The van der Waals surface area contributed by atoms with Crippen molar-refractivity contribution >= 4 is 23.2 Å². The van der Waals surface area contributed by atoms with Crippen molar-refractivity contribution in [1.82, 2.24) is 10.2 Å². The number of carbonyl (C=O) groups is 1. The Hall–Kier alpha value is -2.24. The Morgan fingerprint density at radius 1 is 1.11 bits per heavy atom. The van der Waals surface area contributed by atoms with Crippen LogP contribution in [0.2, 0.25) is 5.02 Å². The minimum atomic E-state index is -0.0708. The van der Waals surface area contributed by atoms with E-state index in [9.17, 15) is 4.79 Å². The second-order valence-electron chi connectivity index (χ2n) is 6.62. The van der Waals surface area contributed by atoms with Crippen molar-refractivity contribution < 1.29 is 9.53 Å². The molecule has 1 N–H and O–H groups in total. The summed E-state index contributed by atoms with van der Waals surface area (Å²) in [6.45, 7) is 5.64. The number of carbonyl (C=O) groups excluding carboxylic acids is 1. The van der Waals surface area contributed by atoms with Crippen molar-refractivity contribution in [3.63, 3.8) is 0 Å². The van der Waals surface area contributed by atoms with Crippen LogP contribution in [0.3, 0.4) is 0 Å². The molecule has 0 aromatic heterocycles. The number of nitrogens with zero attached hydrogens (tertiary/aromatic N) is 2. The van der Waals surface area contributed by atoms with E-state index in [0.717, 1.165) is 50.6 Å². The molecule has 1 saturated heterocycles. The summed E-state index contributed by atoms with van der Waals surface area (Å²) in [5, 5.41) is 3.54. The second kappa shape index (κ2) is 9.62. The first-order valence-corrected chi connectivity index (χ1v) is 9.69. The number of nitrogens with one attached hydrogen (secondary N) is 1. The van der Waals surface area contributed by atoms with E-state index in [-0.39, 0.29) is 5.91 Å². The number of benzene rings is 2. The average molecular weight is 388 g/mol. The maximum absolute atomic E-state index is 12.1. The fourth-order valence-electron chi connectivity index (χ4n) is 3.34. The van der Waals surface area contributed by atoms with Crippen LogP contribution in [0.5, 0.6) is 5.75 Å². The Labute approximate surface area is 165 Å². The predicted molar refractivity (Wildman–Crippen MR) is 110 cm³/mol. The highest BCUT2D eigenvalue weighted by molar-refractivity contribution is 6.30. The standard InChI is InChI=1S/C21H26ClN3O2/c1-27-20-9-3-2-8-19(20)25-14-12-24(13-15-25)11-5-10-23-21(26)17-6-4-7-18(22)16-17/h2-4,6-9,16H,5,10-15H2,1H3,(H,23,26). The summed E-state index contributed by atoms with van der Waals surface area (Å²) in [4.78, 5) is 16.9.